The molecule has 2 atom stereocenters. The van der Waals surface area contributed by atoms with Gasteiger partial charge in [0.1, 0.15) is 0 Å². The molecule has 14 heavy (non-hydrogen) atoms. The maximum Gasteiger partial charge on any atom is 0.0818 e. The molecular formula is C10H21NO2S. The van der Waals surface area contributed by atoms with Gasteiger partial charge < -0.3 is 14.8 Å². The molecule has 4 heteroatoms. The highest BCUT2D eigenvalue weighted by atomic mass is 32.2. The molecule has 0 amide bonds. The summed E-state index contributed by atoms with van der Waals surface area (Å²) < 4.78 is 10.8. The highest BCUT2D eigenvalue weighted by Gasteiger charge is 2.22. The predicted molar refractivity (Wildman–Crippen MR) is 61.0 cm³/mol. The summed E-state index contributed by atoms with van der Waals surface area (Å²) in [5.41, 5.74) is 0. The molecule has 0 aliphatic carbocycles. The first-order valence-electron chi connectivity index (χ1n) is 5.24. The minimum Gasteiger partial charge on any atom is -0.385 e. The summed E-state index contributed by atoms with van der Waals surface area (Å²) >= 11 is 1.99. The Bertz CT molecular complexity index is 140. The third kappa shape index (κ3) is 4.17. The first-order chi connectivity index (χ1) is 6.88. The van der Waals surface area contributed by atoms with Crippen LogP contribution in [0.2, 0.25) is 0 Å². The summed E-state index contributed by atoms with van der Waals surface area (Å²) in [4.78, 5) is 0. The number of thioether (sulfide) groups is 1. The van der Waals surface area contributed by atoms with Gasteiger partial charge in [0, 0.05) is 31.3 Å². The Balaban J connectivity index is 2.21. The van der Waals surface area contributed by atoms with Crippen LogP contribution in [0, 0.1) is 0 Å². The van der Waals surface area contributed by atoms with Gasteiger partial charge in [-0.1, -0.05) is 0 Å². The molecule has 3 nitrogen and oxygen atoms in total. The van der Waals surface area contributed by atoms with Crippen molar-refractivity contribution in [3.05, 3.63) is 0 Å². The van der Waals surface area contributed by atoms with Crippen LogP contribution in [0.5, 0.6) is 0 Å². The second-order valence-electron chi connectivity index (χ2n) is 3.51. The minimum absolute atomic E-state index is 0.385. The Kier molecular flexibility index (Phi) is 6.60. The van der Waals surface area contributed by atoms with E-state index in [0.29, 0.717) is 12.1 Å². The summed E-state index contributed by atoms with van der Waals surface area (Å²) in [6.45, 7) is 1.75. The second kappa shape index (κ2) is 7.51. The van der Waals surface area contributed by atoms with E-state index in [2.05, 4.69) is 5.32 Å². The Morgan fingerprint density at radius 2 is 2.50 bits per heavy atom. The zero-order valence-electron chi connectivity index (χ0n) is 9.12. The van der Waals surface area contributed by atoms with E-state index in [-0.39, 0.29) is 0 Å². The first kappa shape index (κ1) is 12.3. The summed E-state index contributed by atoms with van der Waals surface area (Å²) in [6.07, 6.45) is 2.62. The zero-order chi connectivity index (χ0) is 10.2. The van der Waals surface area contributed by atoms with Crippen molar-refractivity contribution in [2.24, 2.45) is 0 Å². The van der Waals surface area contributed by atoms with Crippen LogP contribution in [0.4, 0.5) is 0 Å². The molecule has 2 unspecified atom stereocenters. The van der Waals surface area contributed by atoms with E-state index in [4.69, 9.17) is 9.47 Å². The molecule has 0 aromatic carbocycles. The number of hydrogen-bond acceptors (Lipinski definition) is 4. The number of likely N-dealkylation sites (N-methyl/N-ethyl adjacent to an activating group) is 1. The van der Waals surface area contributed by atoms with Gasteiger partial charge in [-0.3, -0.25) is 0 Å². The largest absolute Gasteiger partial charge is 0.385 e. The second-order valence-corrected chi connectivity index (χ2v) is 4.66. The first-order valence-corrected chi connectivity index (χ1v) is 6.39. The van der Waals surface area contributed by atoms with Crippen molar-refractivity contribution < 1.29 is 9.47 Å². The maximum atomic E-state index is 5.74. The van der Waals surface area contributed by atoms with Crippen LogP contribution in [0.1, 0.15) is 12.8 Å². The molecule has 0 bridgehead atoms. The lowest BCUT2D eigenvalue weighted by molar-refractivity contribution is 0.0442. The molecule has 1 aliphatic heterocycles. The molecule has 0 saturated carbocycles. The Labute approximate surface area is 90.9 Å². The van der Waals surface area contributed by atoms with E-state index >= 15 is 0 Å². The molecule has 0 spiro atoms. The molecular weight excluding hydrogens is 198 g/mol. The number of methoxy groups -OCH3 is 1. The molecule has 1 N–H and O–H groups in total. The molecule has 0 radical (unpaired) electrons. The Hall–Kier alpha value is 0.230. The number of ether oxygens (including phenoxy) is 2. The van der Waals surface area contributed by atoms with Crippen molar-refractivity contribution in [3.8, 4) is 0 Å². The van der Waals surface area contributed by atoms with Crippen molar-refractivity contribution in [1.82, 2.24) is 5.32 Å². The summed E-state index contributed by atoms with van der Waals surface area (Å²) in [5.74, 6) is 2.27. The summed E-state index contributed by atoms with van der Waals surface area (Å²) in [7, 11) is 3.77. The molecule has 1 rings (SSSR count). The van der Waals surface area contributed by atoms with E-state index in [9.17, 15) is 0 Å². The quantitative estimate of drug-likeness (QED) is 0.679. The van der Waals surface area contributed by atoms with Gasteiger partial charge in [-0.25, -0.2) is 0 Å². The zero-order valence-corrected chi connectivity index (χ0v) is 9.94. The van der Waals surface area contributed by atoms with Crippen molar-refractivity contribution >= 4 is 11.8 Å². The van der Waals surface area contributed by atoms with Gasteiger partial charge in [-0.15, -0.1) is 0 Å². The third-order valence-electron chi connectivity index (χ3n) is 2.52. The lowest BCUT2D eigenvalue weighted by Crippen LogP contribution is -2.43. The molecule has 0 aromatic rings. The molecule has 1 fully saturated rings. The topological polar surface area (TPSA) is 30.5 Å². The average molecular weight is 219 g/mol. The normalized spacial score (nSPS) is 24.9. The summed E-state index contributed by atoms with van der Waals surface area (Å²) in [5, 5.41) is 3.34. The monoisotopic (exact) mass is 219 g/mol. The average Bonchev–Trinajstić information content (AvgIpc) is 2.26. The predicted octanol–water partition coefficient (Wildman–Crippen LogP) is 1.13. The third-order valence-corrected chi connectivity index (χ3v) is 3.54. The van der Waals surface area contributed by atoms with Crippen molar-refractivity contribution in [1.29, 1.82) is 0 Å². The van der Waals surface area contributed by atoms with Crippen molar-refractivity contribution in [2.75, 3.05) is 38.9 Å². The molecule has 84 valence electrons. The molecule has 1 heterocycles. The van der Waals surface area contributed by atoms with Gasteiger partial charge in [0.2, 0.25) is 0 Å². The summed E-state index contributed by atoms with van der Waals surface area (Å²) in [6, 6.07) is 0.484. The lowest BCUT2D eigenvalue weighted by atomic mass is 10.1. The van der Waals surface area contributed by atoms with Crippen molar-refractivity contribution in [3.63, 3.8) is 0 Å². The fraction of sp³-hybridized carbons (Fsp3) is 1.00. The van der Waals surface area contributed by atoms with Crippen LogP contribution in [-0.2, 0) is 9.47 Å². The molecule has 1 aliphatic rings. The Morgan fingerprint density at radius 3 is 3.07 bits per heavy atom. The highest BCUT2D eigenvalue weighted by molar-refractivity contribution is 7.99. The van der Waals surface area contributed by atoms with E-state index in [0.717, 1.165) is 37.6 Å². The van der Waals surface area contributed by atoms with E-state index in [1.165, 1.54) is 0 Å². The lowest BCUT2D eigenvalue weighted by Gasteiger charge is -2.29. The standard InChI is InChI=1S/C10H21NO2S/c1-11-9(4-3-5-12-2)10-8-14-7-6-13-10/h9-11H,3-8H2,1-2H3. The van der Waals surface area contributed by atoms with Crippen LogP contribution in [0.25, 0.3) is 0 Å². The van der Waals surface area contributed by atoms with Crippen molar-refractivity contribution in [2.45, 2.75) is 25.0 Å². The van der Waals surface area contributed by atoms with Crippen LogP contribution in [-0.4, -0.2) is 51.0 Å². The number of hydrogen-bond donors (Lipinski definition) is 1. The van der Waals surface area contributed by atoms with E-state index < -0.39 is 0 Å². The van der Waals surface area contributed by atoms with Gasteiger partial charge in [-0.05, 0) is 19.9 Å². The van der Waals surface area contributed by atoms with Crippen LogP contribution < -0.4 is 5.32 Å². The molecule has 1 saturated heterocycles. The smallest absolute Gasteiger partial charge is 0.0818 e. The van der Waals surface area contributed by atoms with Gasteiger partial charge in [0.25, 0.3) is 0 Å². The molecule has 0 aromatic heterocycles. The van der Waals surface area contributed by atoms with Gasteiger partial charge in [0.15, 0.2) is 0 Å². The SMILES string of the molecule is CNC(CCCOC)C1CSCCO1. The van der Waals surface area contributed by atoms with Gasteiger partial charge in [-0.2, -0.15) is 11.8 Å². The van der Waals surface area contributed by atoms with Crippen LogP contribution in [0.15, 0.2) is 0 Å². The van der Waals surface area contributed by atoms with Gasteiger partial charge >= 0.3 is 0 Å². The minimum atomic E-state index is 0.385. The van der Waals surface area contributed by atoms with Gasteiger partial charge in [0.05, 0.1) is 12.7 Å². The number of rotatable bonds is 6. The van der Waals surface area contributed by atoms with Crippen LogP contribution >= 0.6 is 11.8 Å². The van der Waals surface area contributed by atoms with E-state index in [1.54, 1.807) is 7.11 Å². The highest BCUT2D eigenvalue weighted by Crippen LogP contribution is 2.17. The fourth-order valence-electron chi connectivity index (χ4n) is 1.70. The fourth-order valence-corrected chi connectivity index (χ4v) is 2.64. The van der Waals surface area contributed by atoms with Crippen LogP contribution in [0.3, 0.4) is 0 Å². The van der Waals surface area contributed by atoms with E-state index in [1.807, 2.05) is 18.8 Å². The Morgan fingerprint density at radius 1 is 1.64 bits per heavy atom. The maximum absolute atomic E-state index is 5.74. The number of nitrogens with one attached hydrogen (secondary N) is 1.